The molecule has 2 N–H and O–H groups in total. The quantitative estimate of drug-likeness (QED) is 0.216. The van der Waals surface area contributed by atoms with Crippen LogP contribution in [0.15, 0.2) is 4.99 Å². The molecule has 31 heavy (non-hydrogen) atoms. The number of rotatable bonds is 9. The molecule has 0 bridgehead atoms. The first kappa shape index (κ1) is 25.9. The van der Waals surface area contributed by atoms with Gasteiger partial charge in [-0.05, 0) is 45.4 Å². The molecule has 2 aliphatic rings. The van der Waals surface area contributed by atoms with Gasteiger partial charge in [0.05, 0.1) is 0 Å². The van der Waals surface area contributed by atoms with Crippen LogP contribution in [0.25, 0.3) is 0 Å². The summed E-state index contributed by atoms with van der Waals surface area (Å²) in [5.41, 5.74) is 0. The van der Waals surface area contributed by atoms with Crippen LogP contribution in [0.5, 0.6) is 0 Å². The SMILES string of the molecule is CCNC(=NCCCN1CCCCCC1=O)NCCCc1nnc2n1CCCCC2.I. The Morgan fingerprint density at radius 3 is 2.65 bits per heavy atom. The van der Waals surface area contributed by atoms with Gasteiger partial charge in [-0.3, -0.25) is 9.79 Å². The molecule has 9 heteroatoms. The van der Waals surface area contributed by atoms with Gasteiger partial charge in [-0.15, -0.1) is 34.2 Å². The number of aromatic nitrogens is 3. The van der Waals surface area contributed by atoms with E-state index in [2.05, 4.69) is 37.3 Å². The summed E-state index contributed by atoms with van der Waals surface area (Å²) in [6.45, 7) is 7.31. The second-order valence-corrected chi connectivity index (χ2v) is 8.33. The Balaban J connectivity index is 0.00000341. The molecule has 0 saturated carbocycles. The normalized spacial score (nSPS) is 17.4. The Kier molecular flexibility index (Phi) is 12.2. The van der Waals surface area contributed by atoms with Crippen molar-refractivity contribution in [2.75, 3.05) is 32.7 Å². The average Bonchev–Trinajstić information content (AvgIpc) is 2.90. The maximum absolute atomic E-state index is 12.1. The minimum Gasteiger partial charge on any atom is -0.357 e. The first-order chi connectivity index (χ1) is 14.8. The van der Waals surface area contributed by atoms with Crippen LogP contribution < -0.4 is 10.6 Å². The lowest BCUT2D eigenvalue weighted by Crippen LogP contribution is -2.38. The molecule has 3 heterocycles. The smallest absolute Gasteiger partial charge is 0.222 e. The number of aryl methyl sites for hydroxylation is 2. The van der Waals surface area contributed by atoms with Gasteiger partial charge in [0.25, 0.3) is 0 Å². The van der Waals surface area contributed by atoms with Gasteiger partial charge in [0, 0.05) is 58.5 Å². The van der Waals surface area contributed by atoms with Crippen molar-refractivity contribution in [3.05, 3.63) is 11.6 Å². The van der Waals surface area contributed by atoms with Crippen molar-refractivity contribution in [2.24, 2.45) is 4.99 Å². The number of fused-ring (bicyclic) bond motifs is 1. The number of halogens is 1. The summed E-state index contributed by atoms with van der Waals surface area (Å²) in [6.07, 6.45) is 11.7. The van der Waals surface area contributed by atoms with Gasteiger partial charge in [0.15, 0.2) is 5.96 Å². The van der Waals surface area contributed by atoms with E-state index in [9.17, 15) is 4.79 Å². The highest BCUT2D eigenvalue weighted by Crippen LogP contribution is 2.15. The first-order valence-electron chi connectivity index (χ1n) is 12.0. The molecule has 0 unspecified atom stereocenters. The van der Waals surface area contributed by atoms with Crippen LogP contribution >= 0.6 is 24.0 Å². The molecule has 0 radical (unpaired) electrons. The molecular formula is C22H40IN7O. The first-order valence-corrected chi connectivity index (χ1v) is 12.0. The van der Waals surface area contributed by atoms with Gasteiger partial charge >= 0.3 is 0 Å². The van der Waals surface area contributed by atoms with E-state index in [0.717, 1.165) is 95.4 Å². The minimum absolute atomic E-state index is 0. The van der Waals surface area contributed by atoms with E-state index in [1.54, 1.807) is 0 Å². The largest absolute Gasteiger partial charge is 0.357 e. The molecule has 2 aliphatic heterocycles. The van der Waals surface area contributed by atoms with Crippen molar-refractivity contribution in [1.82, 2.24) is 30.3 Å². The monoisotopic (exact) mass is 545 g/mol. The average molecular weight is 546 g/mol. The fraction of sp³-hybridized carbons (Fsp3) is 0.818. The fourth-order valence-electron chi connectivity index (χ4n) is 4.25. The van der Waals surface area contributed by atoms with Crippen molar-refractivity contribution in [3.8, 4) is 0 Å². The van der Waals surface area contributed by atoms with E-state index >= 15 is 0 Å². The van der Waals surface area contributed by atoms with Crippen molar-refractivity contribution in [3.63, 3.8) is 0 Å². The summed E-state index contributed by atoms with van der Waals surface area (Å²) in [4.78, 5) is 18.8. The molecule has 1 aromatic rings. The summed E-state index contributed by atoms with van der Waals surface area (Å²) in [5, 5.41) is 15.6. The van der Waals surface area contributed by atoms with E-state index in [1.165, 1.54) is 25.7 Å². The van der Waals surface area contributed by atoms with E-state index in [-0.39, 0.29) is 24.0 Å². The number of amides is 1. The van der Waals surface area contributed by atoms with Crippen LogP contribution in [-0.2, 0) is 24.2 Å². The van der Waals surface area contributed by atoms with Crippen LogP contribution in [0.2, 0.25) is 0 Å². The second-order valence-electron chi connectivity index (χ2n) is 8.33. The molecule has 1 aromatic heterocycles. The number of hydrogen-bond acceptors (Lipinski definition) is 4. The van der Waals surface area contributed by atoms with E-state index in [4.69, 9.17) is 0 Å². The lowest BCUT2D eigenvalue weighted by atomic mass is 10.2. The molecule has 0 aromatic carbocycles. The second kappa shape index (κ2) is 14.6. The van der Waals surface area contributed by atoms with Gasteiger partial charge < -0.3 is 20.1 Å². The predicted octanol–water partition coefficient (Wildman–Crippen LogP) is 2.90. The topological polar surface area (TPSA) is 87.4 Å². The molecule has 1 fully saturated rings. The number of carbonyl (C=O) groups is 1. The number of likely N-dealkylation sites (tertiary alicyclic amines) is 1. The van der Waals surface area contributed by atoms with E-state index in [1.807, 2.05) is 4.90 Å². The highest BCUT2D eigenvalue weighted by molar-refractivity contribution is 14.0. The molecule has 1 saturated heterocycles. The maximum Gasteiger partial charge on any atom is 0.222 e. The molecule has 1 amide bonds. The Bertz CT molecular complexity index is 691. The third kappa shape index (κ3) is 8.57. The number of nitrogens with one attached hydrogen (secondary N) is 2. The zero-order valence-electron chi connectivity index (χ0n) is 19.1. The lowest BCUT2D eigenvalue weighted by Gasteiger charge is -2.20. The third-order valence-corrected chi connectivity index (χ3v) is 5.93. The predicted molar refractivity (Wildman–Crippen MR) is 135 cm³/mol. The van der Waals surface area contributed by atoms with Crippen LogP contribution in [0.4, 0.5) is 0 Å². The van der Waals surface area contributed by atoms with Gasteiger partial charge in [-0.1, -0.05) is 12.8 Å². The highest BCUT2D eigenvalue weighted by atomic mass is 127. The van der Waals surface area contributed by atoms with Gasteiger partial charge in [0.1, 0.15) is 11.6 Å². The Morgan fingerprint density at radius 1 is 1.00 bits per heavy atom. The highest BCUT2D eigenvalue weighted by Gasteiger charge is 2.16. The number of guanidine groups is 1. The zero-order chi connectivity index (χ0) is 21.0. The summed E-state index contributed by atoms with van der Waals surface area (Å²) >= 11 is 0. The molecule has 8 nitrogen and oxygen atoms in total. The van der Waals surface area contributed by atoms with Crippen LogP contribution in [0.3, 0.4) is 0 Å². The molecule has 3 rings (SSSR count). The fourth-order valence-corrected chi connectivity index (χ4v) is 4.25. The summed E-state index contributed by atoms with van der Waals surface area (Å²) in [6, 6.07) is 0. The maximum atomic E-state index is 12.1. The molecule has 0 spiro atoms. The summed E-state index contributed by atoms with van der Waals surface area (Å²) in [7, 11) is 0. The van der Waals surface area contributed by atoms with E-state index < -0.39 is 0 Å². The van der Waals surface area contributed by atoms with Gasteiger partial charge in [-0.25, -0.2) is 0 Å². The number of carbonyl (C=O) groups excluding carboxylic acids is 1. The third-order valence-electron chi connectivity index (χ3n) is 5.93. The Labute approximate surface area is 204 Å². The molecule has 0 aliphatic carbocycles. The number of hydrogen-bond donors (Lipinski definition) is 2. The summed E-state index contributed by atoms with van der Waals surface area (Å²) < 4.78 is 2.33. The van der Waals surface area contributed by atoms with Crippen molar-refractivity contribution in [1.29, 1.82) is 0 Å². The number of aliphatic imine (C=N–C) groups is 1. The van der Waals surface area contributed by atoms with Crippen LogP contribution in [-0.4, -0.2) is 64.3 Å². The van der Waals surface area contributed by atoms with Gasteiger partial charge in [0.2, 0.25) is 5.91 Å². The van der Waals surface area contributed by atoms with Crippen LogP contribution in [0, 0.1) is 0 Å². The Morgan fingerprint density at radius 2 is 1.81 bits per heavy atom. The lowest BCUT2D eigenvalue weighted by molar-refractivity contribution is -0.130. The standard InChI is InChI=1S/C22H39N7O.HI/c1-2-23-22(25-15-10-17-28-16-7-4-6-13-21(28)30)24-14-9-12-20-27-26-19-11-5-3-8-18-29(19)20;/h2-18H2,1H3,(H2,23,24,25);1H. The Hall–Kier alpha value is -1.39. The zero-order valence-corrected chi connectivity index (χ0v) is 21.4. The molecular weight excluding hydrogens is 505 g/mol. The minimum atomic E-state index is 0. The van der Waals surface area contributed by atoms with Crippen molar-refractivity contribution < 1.29 is 4.79 Å². The molecule has 0 atom stereocenters. The van der Waals surface area contributed by atoms with E-state index in [0.29, 0.717) is 12.3 Å². The summed E-state index contributed by atoms with van der Waals surface area (Å²) in [5.74, 6) is 3.46. The van der Waals surface area contributed by atoms with Crippen molar-refractivity contribution >= 4 is 35.8 Å². The molecule has 176 valence electrons. The van der Waals surface area contributed by atoms with Crippen molar-refractivity contribution in [2.45, 2.75) is 84.1 Å². The van der Waals surface area contributed by atoms with Gasteiger partial charge in [-0.2, -0.15) is 0 Å². The van der Waals surface area contributed by atoms with Crippen LogP contribution in [0.1, 0.15) is 76.4 Å². The number of nitrogens with zero attached hydrogens (tertiary/aromatic N) is 5.